The molecule has 0 N–H and O–H groups in total. The Labute approximate surface area is 124 Å². The van der Waals surface area contributed by atoms with E-state index in [9.17, 15) is 18.5 Å². The molecule has 0 aliphatic rings. The Morgan fingerprint density at radius 3 is 2.71 bits per heavy atom. The zero-order valence-corrected chi connectivity index (χ0v) is 12.3. The summed E-state index contributed by atoms with van der Waals surface area (Å²) in [6, 6.07) is 3.19. The molecule has 1 heterocycles. The minimum absolute atomic E-state index is 0.000714. The number of benzene rings is 1. The number of aryl methyl sites for hydroxylation is 1. The molecule has 21 heavy (non-hydrogen) atoms. The van der Waals surface area contributed by atoms with Crippen LogP contribution in [0.2, 0.25) is 0 Å². The predicted octanol–water partition coefficient (Wildman–Crippen LogP) is 1.83. The first-order valence-corrected chi connectivity index (χ1v) is 7.92. The quantitative estimate of drug-likeness (QED) is 0.470. The molecule has 0 saturated heterocycles. The lowest BCUT2D eigenvalue weighted by Crippen LogP contribution is -2.05. The molecule has 0 fully saturated rings. The van der Waals surface area contributed by atoms with Gasteiger partial charge in [0.05, 0.1) is 4.92 Å². The van der Waals surface area contributed by atoms with Crippen LogP contribution in [0.3, 0.4) is 0 Å². The van der Waals surface area contributed by atoms with Gasteiger partial charge in [-0.15, -0.1) is 0 Å². The Hall–Kier alpha value is -2.13. The average molecular weight is 332 g/mol. The molecule has 0 aliphatic carbocycles. The largest absolute Gasteiger partial charge is 0.484 e. The van der Waals surface area contributed by atoms with Crippen molar-refractivity contribution in [2.45, 2.75) is 11.5 Å². The zero-order chi connectivity index (χ0) is 15.6. The first-order valence-electron chi connectivity index (χ1n) is 5.61. The van der Waals surface area contributed by atoms with Crippen molar-refractivity contribution < 1.29 is 18.1 Å². The van der Waals surface area contributed by atoms with Gasteiger partial charge >= 0.3 is 0 Å². The Bertz CT molecular complexity index is 787. The molecule has 0 atom stereocenters. The summed E-state index contributed by atoms with van der Waals surface area (Å²) in [6.07, 6.45) is 3.27. The first-order chi connectivity index (χ1) is 9.79. The summed E-state index contributed by atoms with van der Waals surface area (Å²) in [4.78, 5) is 13.5. The first kappa shape index (κ1) is 15.3. The number of nitro groups is 1. The molecule has 0 spiro atoms. The van der Waals surface area contributed by atoms with E-state index < -0.39 is 24.6 Å². The third-order valence-corrected chi connectivity index (χ3v) is 4.02. The second-order valence-corrected chi connectivity index (χ2v) is 6.60. The van der Waals surface area contributed by atoms with Crippen LogP contribution in [-0.2, 0) is 22.7 Å². The van der Waals surface area contributed by atoms with E-state index in [0.717, 1.165) is 12.1 Å². The van der Waals surface area contributed by atoms with E-state index in [1.54, 1.807) is 24.0 Å². The summed E-state index contributed by atoms with van der Waals surface area (Å²) >= 11 is 0. The van der Waals surface area contributed by atoms with E-state index in [-0.39, 0.29) is 12.4 Å². The van der Waals surface area contributed by atoms with Crippen LogP contribution in [0.5, 0.6) is 5.75 Å². The SMILES string of the molecule is Cn1ccnc1COc1ccc([N+](=O)[O-])cc1S(=O)(=O)Cl. The zero-order valence-electron chi connectivity index (χ0n) is 10.8. The number of ether oxygens (including phenoxy) is 1. The summed E-state index contributed by atoms with van der Waals surface area (Å²) in [5, 5.41) is 10.7. The highest BCUT2D eigenvalue weighted by Crippen LogP contribution is 2.31. The van der Waals surface area contributed by atoms with E-state index in [1.807, 2.05) is 0 Å². The number of rotatable bonds is 5. The van der Waals surface area contributed by atoms with Gasteiger partial charge in [-0.25, -0.2) is 13.4 Å². The van der Waals surface area contributed by atoms with Crippen LogP contribution in [0.15, 0.2) is 35.5 Å². The van der Waals surface area contributed by atoms with Gasteiger partial charge < -0.3 is 9.30 Å². The van der Waals surface area contributed by atoms with Gasteiger partial charge in [-0.3, -0.25) is 10.1 Å². The molecule has 10 heteroatoms. The van der Waals surface area contributed by atoms with Crippen molar-refractivity contribution in [3.63, 3.8) is 0 Å². The number of nitro benzene ring substituents is 1. The van der Waals surface area contributed by atoms with E-state index in [2.05, 4.69) is 4.98 Å². The molecule has 0 saturated carbocycles. The molecule has 0 amide bonds. The lowest BCUT2D eigenvalue weighted by molar-refractivity contribution is -0.385. The van der Waals surface area contributed by atoms with Gasteiger partial charge in [0.25, 0.3) is 14.7 Å². The van der Waals surface area contributed by atoms with E-state index in [1.165, 1.54) is 6.07 Å². The van der Waals surface area contributed by atoms with Crippen LogP contribution in [0, 0.1) is 10.1 Å². The van der Waals surface area contributed by atoms with Gasteiger partial charge in [-0.2, -0.15) is 0 Å². The number of imidazole rings is 1. The fourth-order valence-electron chi connectivity index (χ4n) is 1.60. The van der Waals surface area contributed by atoms with Crippen LogP contribution in [0.4, 0.5) is 5.69 Å². The van der Waals surface area contributed by atoms with E-state index >= 15 is 0 Å². The number of hydrogen-bond donors (Lipinski definition) is 0. The summed E-state index contributed by atoms with van der Waals surface area (Å²) in [5.41, 5.74) is -0.390. The molecule has 0 bridgehead atoms. The Morgan fingerprint density at radius 1 is 1.48 bits per heavy atom. The van der Waals surface area contributed by atoms with Crippen molar-refractivity contribution in [3.8, 4) is 5.75 Å². The topological polar surface area (TPSA) is 104 Å². The van der Waals surface area contributed by atoms with E-state index in [0.29, 0.717) is 5.82 Å². The van der Waals surface area contributed by atoms with Crippen molar-refractivity contribution >= 4 is 25.4 Å². The number of hydrogen-bond acceptors (Lipinski definition) is 6. The fraction of sp³-hybridized carbons (Fsp3) is 0.182. The van der Waals surface area contributed by atoms with Crippen molar-refractivity contribution in [1.82, 2.24) is 9.55 Å². The monoisotopic (exact) mass is 331 g/mol. The number of non-ortho nitro benzene ring substituents is 1. The van der Waals surface area contributed by atoms with Gasteiger partial charge in [-0.1, -0.05) is 0 Å². The Morgan fingerprint density at radius 2 is 2.19 bits per heavy atom. The molecule has 0 unspecified atom stereocenters. The Balaban J connectivity index is 2.35. The molecule has 2 aromatic rings. The van der Waals surface area contributed by atoms with Crippen molar-refractivity contribution in [2.75, 3.05) is 0 Å². The van der Waals surface area contributed by atoms with Gasteiger partial charge in [0.2, 0.25) is 0 Å². The summed E-state index contributed by atoms with van der Waals surface area (Å²) < 4.78 is 30.0. The minimum Gasteiger partial charge on any atom is -0.484 e. The third kappa shape index (κ3) is 3.50. The maximum Gasteiger partial charge on any atom is 0.271 e. The molecular formula is C11H10ClN3O5S. The second-order valence-electron chi connectivity index (χ2n) is 4.07. The van der Waals surface area contributed by atoms with Crippen LogP contribution in [0.25, 0.3) is 0 Å². The fourth-order valence-corrected chi connectivity index (χ4v) is 2.59. The Kier molecular flexibility index (Phi) is 4.14. The van der Waals surface area contributed by atoms with E-state index in [4.69, 9.17) is 15.4 Å². The summed E-state index contributed by atoms with van der Waals surface area (Å²) in [6.45, 7) is 0.000714. The van der Waals surface area contributed by atoms with Gasteiger partial charge in [0.1, 0.15) is 23.1 Å². The molecule has 1 aromatic carbocycles. The number of halogens is 1. The number of nitrogens with zero attached hydrogens (tertiary/aromatic N) is 3. The molecule has 1 aromatic heterocycles. The smallest absolute Gasteiger partial charge is 0.271 e. The van der Waals surface area contributed by atoms with Gasteiger partial charge in [-0.05, 0) is 6.07 Å². The maximum atomic E-state index is 11.5. The highest BCUT2D eigenvalue weighted by atomic mass is 35.7. The van der Waals surface area contributed by atoms with Gasteiger partial charge in [0.15, 0.2) is 0 Å². The minimum atomic E-state index is -4.18. The van der Waals surface area contributed by atoms with Gasteiger partial charge in [0, 0.05) is 42.3 Å². The normalized spacial score (nSPS) is 11.3. The van der Waals surface area contributed by atoms with Crippen molar-refractivity contribution in [1.29, 1.82) is 0 Å². The molecule has 112 valence electrons. The second kappa shape index (κ2) is 5.70. The lowest BCUT2D eigenvalue weighted by atomic mass is 10.3. The predicted molar refractivity (Wildman–Crippen MR) is 73.7 cm³/mol. The lowest BCUT2D eigenvalue weighted by Gasteiger charge is -2.09. The molecule has 0 aliphatic heterocycles. The van der Waals surface area contributed by atoms with Crippen LogP contribution in [-0.4, -0.2) is 22.9 Å². The maximum absolute atomic E-state index is 11.5. The summed E-state index contributed by atoms with van der Waals surface area (Å²) in [7, 11) is 2.86. The molecule has 2 rings (SSSR count). The average Bonchev–Trinajstić information content (AvgIpc) is 2.80. The number of aromatic nitrogens is 2. The highest BCUT2D eigenvalue weighted by molar-refractivity contribution is 8.13. The molecule has 8 nitrogen and oxygen atoms in total. The molecular weight excluding hydrogens is 322 g/mol. The highest BCUT2D eigenvalue weighted by Gasteiger charge is 2.21. The molecule has 0 radical (unpaired) electrons. The standard InChI is InChI=1S/C11H10ClN3O5S/c1-14-5-4-13-11(14)7-20-9-3-2-8(15(16)17)6-10(9)21(12,18)19/h2-6H,7H2,1H3. The third-order valence-electron chi connectivity index (χ3n) is 2.68. The van der Waals surface area contributed by atoms with Crippen LogP contribution in [0.1, 0.15) is 5.82 Å². The van der Waals surface area contributed by atoms with Crippen LogP contribution >= 0.6 is 10.7 Å². The van der Waals surface area contributed by atoms with Crippen molar-refractivity contribution in [3.05, 3.63) is 46.5 Å². The van der Waals surface area contributed by atoms with Crippen molar-refractivity contribution in [2.24, 2.45) is 7.05 Å². The van der Waals surface area contributed by atoms with Crippen LogP contribution < -0.4 is 4.74 Å². The summed E-state index contributed by atoms with van der Waals surface area (Å²) in [5.74, 6) is 0.491.